The van der Waals surface area contributed by atoms with Crippen LogP contribution in [0.15, 0.2) is 48.7 Å². The summed E-state index contributed by atoms with van der Waals surface area (Å²) < 4.78 is 11.6. The Morgan fingerprint density at radius 2 is 1.92 bits per heavy atom. The van der Waals surface area contributed by atoms with Crippen LogP contribution in [0, 0.1) is 5.92 Å². The van der Waals surface area contributed by atoms with Gasteiger partial charge in [0.05, 0.1) is 6.61 Å². The molecule has 1 fully saturated rings. The van der Waals surface area contributed by atoms with Crippen LogP contribution < -0.4 is 14.8 Å². The number of hydrogen-bond acceptors (Lipinski definition) is 4. The van der Waals surface area contributed by atoms with Crippen LogP contribution in [-0.2, 0) is 4.79 Å². The smallest absolute Gasteiger partial charge is 0.266 e. The van der Waals surface area contributed by atoms with Crippen molar-refractivity contribution in [3.8, 4) is 11.5 Å². The highest BCUT2D eigenvalue weighted by Crippen LogP contribution is 2.27. The van der Waals surface area contributed by atoms with E-state index in [4.69, 9.17) is 9.47 Å². The van der Waals surface area contributed by atoms with Crippen LogP contribution >= 0.6 is 0 Å². The minimum atomic E-state index is -0.634. The zero-order valence-electron chi connectivity index (χ0n) is 15.2. The summed E-state index contributed by atoms with van der Waals surface area (Å²) in [7, 11) is 0. The van der Waals surface area contributed by atoms with E-state index in [1.54, 1.807) is 13.1 Å². The van der Waals surface area contributed by atoms with Crippen molar-refractivity contribution in [1.82, 2.24) is 4.98 Å². The first-order valence-electron chi connectivity index (χ1n) is 9.33. The average molecular weight is 354 g/mol. The summed E-state index contributed by atoms with van der Waals surface area (Å²) in [5, 5.41) is 2.82. The number of aromatic nitrogens is 1. The summed E-state index contributed by atoms with van der Waals surface area (Å²) in [6, 6.07) is 12.9. The normalized spacial score (nSPS) is 15.9. The zero-order valence-corrected chi connectivity index (χ0v) is 15.2. The van der Waals surface area contributed by atoms with Crippen molar-refractivity contribution in [3.63, 3.8) is 0 Å². The van der Waals surface area contributed by atoms with E-state index in [0.717, 1.165) is 0 Å². The molecule has 26 heavy (non-hydrogen) atoms. The quantitative estimate of drug-likeness (QED) is 0.798. The van der Waals surface area contributed by atoms with Gasteiger partial charge < -0.3 is 14.8 Å². The molecular weight excluding hydrogens is 328 g/mol. The van der Waals surface area contributed by atoms with Crippen LogP contribution in [0.1, 0.15) is 39.0 Å². The van der Waals surface area contributed by atoms with Crippen molar-refractivity contribution < 1.29 is 14.3 Å². The second kappa shape index (κ2) is 9.22. The minimum Gasteiger partial charge on any atom is -0.489 e. The summed E-state index contributed by atoms with van der Waals surface area (Å²) in [5.74, 6) is 2.04. The van der Waals surface area contributed by atoms with Gasteiger partial charge in [0.15, 0.2) is 17.7 Å². The highest BCUT2D eigenvalue weighted by Gasteiger charge is 2.19. The van der Waals surface area contributed by atoms with E-state index in [2.05, 4.69) is 10.3 Å². The molecule has 3 rings (SSSR count). The number of pyridine rings is 1. The molecule has 1 aromatic carbocycles. The van der Waals surface area contributed by atoms with Gasteiger partial charge in [-0.05, 0) is 49.9 Å². The van der Waals surface area contributed by atoms with E-state index in [0.29, 0.717) is 29.8 Å². The maximum Gasteiger partial charge on any atom is 0.266 e. The van der Waals surface area contributed by atoms with Gasteiger partial charge in [0.1, 0.15) is 5.75 Å². The zero-order chi connectivity index (χ0) is 18.2. The minimum absolute atomic E-state index is 0.255. The second-order valence-corrected chi connectivity index (χ2v) is 6.73. The van der Waals surface area contributed by atoms with Gasteiger partial charge in [0.2, 0.25) is 0 Å². The number of amides is 1. The first-order valence-corrected chi connectivity index (χ1v) is 9.33. The Kier molecular flexibility index (Phi) is 6.47. The third kappa shape index (κ3) is 5.22. The fourth-order valence-corrected chi connectivity index (χ4v) is 3.14. The SMILES string of the molecule is CC(Oc1ccccc1)C(=O)Nc1ncccc1OCC1CCCCC1. The van der Waals surface area contributed by atoms with Gasteiger partial charge >= 0.3 is 0 Å². The van der Waals surface area contributed by atoms with Gasteiger partial charge in [0, 0.05) is 6.20 Å². The molecule has 1 saturated carbocycles. The van der Waals surface area contributed by atoms with Gasteiger partial charge in [0.25, 0.3) is 5.91 Å². The largest absolute Gasteiger partial charge is 0.489 e. The van der Waals surface area contributed by atoms with Gasteiger partial charge in [-0.25, -0.2) is 4.98 Å². The molecule has 0 saturated heterocycles. The Labute approximate surface area is 154 Å². The summed E-state index contributed by atoms with van der Waals surface area (Å²) >= 11 is 0. The number of para-hydroxylation sites is 1. The lowest BCUT2D eigenvalue weighted by molar-refractivity contribution is -0.122. The van der Waals surface area contributed by atoms with Gasteiger partial charge in [-0.3, -0.25) is 4.79 Å². The average Bonchev–Trinajstić information content (AvgIpc) is 2.69. The van der Waals surface area contributed by atoms with Gasteiger partial charge in [-0.1, -0.05) is 37.5 Å². The molecule has 0 spiro atoms. The highest BCUT2D eigenvalue weighted by atomic mass is 16.5. The molecule has 1 heterocycles. The Hall–Kier alpha value is -2.56. The molecule has 1 N–H and O–H groups in total. The van der Waals surface area contributed by atoms with Gasteiger partial charge in [-0.2, -0.15) is 0 Å². The molecule has 2 aromatic rings. The second-order valence-electron chi connectivity index (χ2n) is 6.73. The molecule has 138 valence electrons. The maximum absolute atomic E-state index is 12.4. The molecule has 0 radical (unpaired) electrons. The molecule has 1 aliphatic carbocycles. The molecule has 1 atom stereocenters. The van der Waals surface area contributed by atoms with E-state index >= 15 is 0 Å². The summed E-state index contributed by atoms with van der Waals surface area (Å²) in [4.78, 5) is 16.7. The summed E-state index contributed by atoms with van der Waals surface area (Å²) in [5.41, 5.74) is 0. The summed E-state index contributed by atoms with van der Waals surface area (Å²) in [6.45, 7) is 2.39. The number of hydrogen-bond donors (Lipinski definition) is 1. The third-order valence-electron chi connectivity index (χ3n) is 4.64. The number of nitrogens with zero attached hydrogens (tertiary/aromatic N) is 1. The van der Waals surface area contributed by atoms with Crippen molar-refractivity contribution in [3.05, 3.63) is 48.7 Å². The van der Waals surface area contributed by atoms with Gasteiger partial charge in [-0.15, -0.1) is 0 Å². The lowest BCUT2D eigenvalue weighted by Gasteiger charge is -2.22. The predicted octanol–water partition coefficient (Wildman–Crippen LogP) is 4.45. The molecular formula is C21H26N2O3. The van der Waals surface area contributed by atoms with E-state index in [-0.39, 0.29) is 5.91 Å². The number of nitrogens with one attached hydrogen (secondary N) is 1. The summed E-state index contributed by atoms with van der Waals surface area (Å²) in [6.07, 6.45) is 7.31. The fourth-order valence-electron chi connectivity index (χ4n) is 3.14. The van der Waals surface area contributed by atoms with Crippen LogP contribution in [0.4, 0.5) is 5.82 Å². The van der Waals surface area contributed by atoms with Crippen molar-refractivity contribution in [2.45, 2.75) is 45.1 Å². The highest BCUT2D eigenvalue weighted by molar-refractivity contribution is 5.94. The van der Waals surface area contributed by atoms with Crippen LogP contribution in [0.3, 0.4) is 0 Å². The van der Waals surface area contributed by atoms with Crippen LogP contribution in [0.25, 0.3) is 0 Å². The molecule has 0 aliphatic heterocycles. The van der Waals surface area contributed by atoms with Crippen molar-refractivity contribution in [2.24, 2.45) is 5.92 Å². The maximum atomic E-state index is 12.4. The Morgan fingerprint density at radius 1 is 1.15 bits per heavy atom. The number of carbonyl (C=O) groups excluding carboxylic acids is 1. The number of anilines is 1. The topological polar surface area (TPSA) is 60.5 Å². The number of ether oxygens (including phenoxy) is 2. The first-order chi connectivity index (χ1) is 12.7. The van der Waals surface area contributed by atoms with Crippen LogP contribution in [0.2, 0.25) is 0 Å². The molecule has 1 unspecified atom stereocenters. The number of carbonyl (C=O) groups is 1. The van der Waals surface area contributed by atoms with Crippen LogP contribution in [0.5, 0.6) is 11.5 Å². The molecule has 5 nitrogen and oxygen atoms in total. The molecule has 1 aliphatic rings. The Balaban J connectivity index is 1.57. The van der Waals surface area contributed by atoms with Crippen molar-refractivity contribution >= 4 is 11.7 Å². The number of benzene rings is 1. The van der Waals surface area contributed by atoms with Crippen molar-refractivity contribution in [2.75, 3.05) is 11.9 Å². The van der Waals surface area contributed by atoms with E-state index in [9.17, 15) is 4.79 Å². The van der Waals surface area contributed by atoms with Crippen molar-refractivity contribution in [1.29, 1.82) is 0 Å². The molecule has 1 amide bonds. The molecule has 1 aromatic heterocycles. The molecule has 5 heteroatoms. The lowest BCUT2D eigenvalue weighted by atomic mass is 9.90. The third-order valence-corrected chi connectivity index (χ3v) is 4.64. The van der Waals surface area contributed by atoms with E-state index < -0.39 is 6.10 Å². The first kappa shape index (κ1) is 18.2. The van der Waals surface area contributed by atoms with E-state index in [1.165, 1.54) is 32.1 Å². The standard InChI is InChI=1S/C21H26N2O3/c1-16(26-18-11-6-3-7-12-18)21(24)23-20-19(13-8-14-22-20)25-15-17-9-4-2-5-10-17/h3,6-8,11-14,16-17H,2,4-5,9-10,15H2,1H3,(H,22,23,24). The Bertz CT molecular complexity index is 699. The Morgan fingerprint density at radius 3 is 2.69 bits per heavy atom. The number of rotatable bonds is 7. The fraction of sp³-hybridized carbons (Fsp3) is 0.429. The van der Waals surface area contributed by atoms with E-state index in [1.807, 2.05) is 42.5 Å². The van der Waals surface area contributed by atoms with Crippen LogP contribution in [-0.4, -0.2) is 23.6 Å². The lowest BCUT2D eigenvalue weighted by Crippen LogP contribution is -2.30. The predicted molar refractivity (Wildman–Crippen MR) is 101 cm³/mol. The monoisotopic (exact) mass is 354 g/mol. The molecule has 0 bridgehead atoms.